The molecular weight excluding hydrogens is 471 g/mol. The fourth-order valence-electron chi connectivity index (χ4n) is 2.80. The summed E-state index contributed by atoms with van der Waals surface area (Å²) in [4.78, 5) is 18.1. The Morgan fingerprint density at radius 2 is 1.96 bits per heavy atom. The van der Waals surface area contributed by atoms with Crippen LogP contribution in [-0.2, 0) is 14.6 Å². The lowest BCUT2D eigenvalue weighted by Crippen LogP contribution is -2.63. The van der Waals surface area contributed by atoms with Crippen LogP contribution in [-0.4, -0.2) is 74.7 Å². The molecule has 2 rings (SSSR count). The number of guanidine groups is 1. The molecule has 0 radical (unpaired) electrons. The average Bonchev–Trinajstić information content (AvgIpc) is 2.76. The van der Waals surface area contributed by atoms with Gasteiger partial charge >= 0.3 is 6.09 Å². The second-order valence-electron chi connectivity index (χ2n) is 7.72. The highest BCUT2D eigenvalue weighted by Crippen LogP contribution is 2.18. The molecule has 2 aliphatic rings. The molecular formula is C16H31IN4O4S. The summed E-state index contributed by atoms with van der Waals surface area (Å²) in [5.74, 6) is 1.26. The van der Waals surface area contributed by atoms with Crippen LogP contribution in [0, 0.1) is 5.92 Å². The second kappa shape index (κ2) is 9.43. The Morgan fingerprint density at radius 3 is 2.46 bits per heavy atom. The fourth-order valence-corrected chi connectivity index (χ4v) is 4.64. The fraction of sp³-hybridized carbons (Fsp3) is 0.875. The number of nitrogens with zero attached hydrogens (tertiary/aromatic N) is 2. The van der Waals surface area contributed by atoms with E-state index < -0.39 is 15.4 Å². The van der Waals surface area contributed by atoms with Gasteiger partial charge in [-0.05, 0) is 40.0 Å². The summed E-state index contributed by atoms with van der Waals surface area (Å²) >= 11 is 0. The van der Waals surface area contributed by atoms with Gasteiger partial charge in [0.2, 0.25) is 0 Å². The normalized spacial score (nSPS) is 23.0. The summed E-state index contributed by atoms with van der Waals surface area (Å²) in [6, 6.07) is 0.123. The first-order valence-electron chi connectivity index (χ1n) is 8.81. The van der Waals surface area contributed by atoms with Crippen molar-refractivity contribution in [2.75, 3.05) is 37.7 Å². The Morgan fingerprint density at radius 1 is 1.31 bits per heavy atom. The third-order valence-electron chi connectivity index (χ3n) is 4.05. The van der Waals surface area contributed by atoms with Crippen LogP contribution >= 0.6 is 24.0 Å². The molecule has 1 amide bonds. The molecule has 0 aromatic heterocycles. The average molecular weight is 502 g/mol. The first-order valence-corrected chi connectivity index (χ1v) is 10.6. The van der Waals surface area contributed by atoms with E-state index in [9.17, 15) is 13.2 Å². The molecule has 0 aliphatic carbocycles. The van der Waals surface area contributed by atoms with E-state index in [4.69, 9.17) is 4.74 Å². The maximum absolute atomic E-state index is 11.9. The molecule has 2 saturated heterocycles. The van der Waals surface area contributed by atoms with Gasteiger partial charge < -0.3 is 20.3 Å². The number of ether oxygens (including phenoxy) is 1. The van der Waals surface area contributed by atoms with Crippen molar-refractivity contribution in [1.82, 2.24) is 15.5 Å². The standard InChI is InChI=1S/C16H30N4O4S.HI/c1-5-17-14(18-8-12-6-7-25(22,23)11-12)19-13-9-20(10-13)15(21)24-16(2,3)4;/h12-13H,5-11H2,1-4H3,(H2,17,18,19);1H. The minimum absolute atomic E-state index is 0. The van der Waals surface area contributed by atoms with Gasteiger partial charge in [-0.1, -0.05) is 0 Å². The van der Waals surface area contributed by atoms with Crippen molar-refractivity contribution >= 4 is 45.9 Å². The molecule has 0 saturated carbocycles. The number of aliphatic imine (C=N–C) groups is 1. The quantitative estimate of drug-likeness (QED) is 0.341. The number of sulfone groups is 1. The number of hydrogen-bond donors (Lipinski definition) is 2. The van der Waals surface area contributed by atoms with Gasteiger partial charge in [-0.15, -0.1) is 24.0 Å². The highest BCUT2D eigenvalue weighted by Gasteiger charge is 2.34. The van der Waals surface area contributed by atoms with Gasteiger partial charge in [0.05, 0.1) is 17.5 Å². The summed E-state index contributed by atoms with van der Waals surface area (Å²) in [6.45, 7) is 9.87. The van der Waals surface area contributed by atoms with Gasteiger partial charge in [0.15, 0.2) is 15.8 Å². The lowest BCUT2D eigenvalue weighted by atomic mass is 10.1. The molecule has 0 spiro atoms. The van der Waals surface area contributed by atoms with Crippen LogP contribution in [0.25, 0.3) is 0 Å². The van der Waals surface area contributed by atoms with Gasteiger partial charge in [-0.2, -0.15) is 0 Å². The van der Waals surface area contributed by atoms with Crippen LogP contribution < -0.4 is 10.6 Å². The molecule has 2 N–H and O–H groups in total. The van der Waals surface area contributed by atoms with Crippen LogP contribution in [0.2, 0.25) is 0 Å². The van der Waals surface area contributed by atoms with E-state index in [1.54, 1.807) is 4.90 Å². The number of likely N-dealkylation sites (tertiary alicyclic amines) is 1. The summed E-state index contributed by atoms with van der Waals surface area (Å²) in [5.41, 5.74) is -0.492. The SMILES string of the molecule is CCNC(=NCC1CCS(=O)(=O)C1)NC1CN(C(=O)OC(C)(C)C)C1.I. The van der Waals surface area contributed by atoms with Crippen LogP contribution in [0.15, 0.2) is 4.99 Å². The topological polar surface area (TPSA) is 100 Å². The lowest BCUT2D eigenvalue weighted by Gasteiger charge is -2.40. The number of nitrogens with one attached hydrogen (secondary N) is 2. The zero-order valence-electron chi connectivity index (χ0n) is 15.9. The Kier molecular flexibility index (Phi) is 8.43. The van der Waals surface area contributed by atoms with Crippen LogP contribution in [0.3, 0.4) is 0 Å². The molecule has 1 atom stereocenters. The van der Waals surface area contributed by atoms with Crippen molar-refractivity contribution in [3.8, 4) is 0 Å². The molecule has 0 aromatic rings. The largest absolute Gasteiger partial charge is 0.444 e. The van der Waals surface area contributed by atoms with E-state index in [0.29, 0.717) is 32.0 Å². The highest BCUT2D eigenvalue weighted by molar-refractivity contribution is 14.0. The molecule has 2 aliphatic heterocycles. The van der Waals surface area contributed by atoms with Crippen molar-refractivity contribution < 1.29 is 17.9 Å². The Hall–Kier alpha value is -0.780. The van der Waals surface area contributed by atoms with Crippen molar-refractivity contribution in [2.24, 2.45) is 10.9 Å². The number of carbonyl (C=O) groups excluding carboxylic acids is 1. The van der Waals surface area contributed by atoms with Gasteiger partial charge in [0.25, 0.3) is 0 Å². The predicted molar refractivity (Wildman–Crippen MR) is 113 cm³/mol. The highest BCUT2D eigenvalue weighted by atomic mass is 127. The molecule has 1 unspecified atom stereocenters. The Balaban J connectivity index is 0.00000338. The molecule has 26 heavy (non-hydrogen) atoms. The van der Waals surface area contributed by atoms with Crippen LogP contribution in [0.5, 0.6) is 0 Å². The van der Waals surface area contributed by atoms with E-state index in [0.717, 1.165) is 6.54 Å². The number of amides is 1. The van der Waals surface area contributed by atoms with Crippen molar-refractivity contribution in [3.05, 3.63) is 0 Å². The monoisotopic (exact) mass is 502 g/mol. The lowest BCUT2D eigenvalue weighted by molar-refractivity contribution is 0.00700. The zero-order chi connectivity index (χ0) is 18.7. The van der Waals surface area contributed by atoms with E-state index >= 15 is 0 Å². The van der Waals surface area contributed by atoms with Crippen LogP contribution in [0.4, 0.5) is 4.79 Å². The molecule has 2 heterocycles. The number of hydrogen-bond acceptors (Lipinski definition) is 5. The summed E-state index contributed by atoms with van der Waals surface area (Å²) in [5, 5.41) is 6.45. The summed E-state index contributed by atoms with van der Waals surface area (Å²) in [7, 11) is -2.87. The number of rotatable bonds is 4. The van der Waals surface area contributed by atoms with E-state index in [2.05, 4.69) is 15.6 Å². The van der Waals surface area contributed by atoms with E-state index in [1.165, 1.54) is 0 Å². The van der Waals surface area contributed by atoms with Crippen molar-refractivity contribution in [1.29, 1.82) is 0 Å². The number of carbonyl (C=O) groups is 1. The van der Waals surface area contributed by atoms with Gasteiger partial charge in [0.1, 0.15) is 5.60 Å². The van der Waals surface area contributed by atoms with Crippen molar-refractivity contribution in [3.63, 3.8) is 0 Å². The molecule has 152 valence electrons. The third kappa shape index (κ3) is 7.45. The summed E-state index contributed by atoms with van der Waals surface area (Å²) < 4.78 is 28.4. The maximum atomic E-state index is 11.9. The summed E-state index contributed by atoms with van der Waals surface area (Å²) in [6.07, 6.45) is 0.379. The van der Waals surface area contributed by atoms with Crippen LogP contribution in [0.1, 0.15) is 34.1 Å². The van der Waals surface area contributed by atoms with Gasteiger partial charge in [0, 0.05) is 26.2 Å². The third-order valence-corrected chi connectivity index (χ3v) is 5.89. The minimum Gasteiger partial charge on any atom is -0.444 e. The molecule has 0 aromatic carbocycles. The second-order valence-corrected chi connectivity index (χ2v) is 9.94. The molecule has 0 bridgehead atoms. The number of halogens is 1. The zero-order valence-corrected chi connectivity index (χ0v) is 19.1. The van der Waals surface area contributed by atoms with E-state index in [-0.39, 0.29) is 53.5 Å². The first-order chi connectivity index (χ1) is 11.6. The van der Waals surface area contributed by atoms with Gasteiger partial charge in [-0.25, -0.2) is 13.2 Å². The van der Waals surface area contributed by atoms with Gasteiger partial charge in [-0.3, -0.25) is 4.99 Å². The Labute approximate surface area is 173 Å². The van der Waals surface area contributed by atoms with Crippen molar-refractivity contribution in [2.45, 2.75) is 45.8 Å². The minimum atomic E-state index is -2.87. The molecule has 8 nitrogen and oxygen atoms in total. The predicted octanol–water partition coefficient (Wildman–Crippen LogP) is 1.21. The maximum Gasteiger partial charge on any atom is 0.410 e. The Bertz CT molecular complexity index is 612. The molecule has 2 fully saturated rings. The van der Waals surface area contributed by atoms with E-state index in [1.807, 2.05) is 27.7 Å². The smallest absolute Gasteiger partial charge is 0.410 e. The first kappa shape index (κ1) is 23.3. The molecule has 10 heteroatoms.